The number of nitrogens with zero attached hydrogens (tertiary/aromatic N) is 2. The van der Waals surface area contributed by atoms with Gasteiger partial charge in [0.1, 0.15) is 5.54 Å². The van der Waals surface area contributed by atoms with Gasteiger partial charge in [-0.15, -0.1) is 0 Å². The van der Waals surface area contributed by atoms with Gasteiger partial charge in [-0.2, -0.15) is 5.26 Å². The molecule has 1 amide bonds. The van der Waals surface area contributed by atoms with Crippen LogP contribution in [0.25, 0.3) is 0 Å². The zero-order valence-corrected chi connectivity index (χ0v) is 12.9. The van der Waals surface area contributed by atoms with Crippen molar-refractivity contribution < 1.29 is 4.79 Å². The molecule has 0 unspecified atom stereocenters. The lowest BCUT2D eigenvalue weighted by molar-refractivity contribution is 0.0702. The first-order chi connectivity index (χ1) is 11.2. The van der Waals surface area contributed by atoms with Crippen LogP contribution in [-0.4, -0.2) is 29.4 Å². The van der Waals surface area contributed by atoms with Crippen LogP contribution < -0.4 is 5.32 Å². The molecule has 0 aromatic heterocycles. The van der Waals surface area contributed by atoms with Crippen molar-refractivity contribution in [2.24, 2.45) is 0 Å². The molecule has 3 rings (SSSR count). The molecule has 0 aliphatic carbocycles. The van der Waals surface area contributed by atoms with Gasteiger partial charge in [0, 0.05) is 37.2 Å². The molecule has 0 saturated carbocycles. The molecule has 1 N–H and O–H groups in total. The number of hydrogen-bond donors (Lipinski definition) is 1. The number of anilines is 1. The van der Waals surface area contributed by atoms with Crippen molar-refractivity contribution in [1.82, 2.24) is 4.90 Å². The minimum Gasteiger partial charge on any atom is -0.367 e. The topological polar surface area (TPSA) is 56.1 Å². The van der Waals surface area contributed by atoms with Crippen molar-refractivity contribution in [1.29, 1.82) is 5.26 Å². The van der Waals surface area contributed by atoms with Crippen LogP contribution in [-0.2, 0) is 0 Å². The molecule has 4 nitrogen and oxygen atoms in total. The number of carbonyl (C=O) groups excluding carboxylic acids is 1. The van der Waals surface area contributed by atoms with Gasteiger partial charge in [-0.1, -0.05) is 36.4 Å². The van der Waals surface area contributed by atoms with E-state index in [1.54, 1.807) is 0 Å². The summed E-state index contributed by atoms with van der Waals surface area (Å²) in [5.74, 6) is 0.0388. The summed E-state index contributed by atoms with van der Waals surface area (Å²) in [6.45, 7) is 1.17. The molecular weight excluding hydrogens is 286 g/mol. The Labute approximate surface area is 136 Å². The van der Waals surface area contributed by atoms with Crippen molar-refractivity contribution >= 4 is 11.6 Å². The van der Waals surface area contributed by atoms with Crippen molar-refractivity contribution in [3.8, 4) is 6.07 Å². The second-order valence-corrected chi connectivity index (χ2v) is 5.84. The molecule has 1 fully saturated rings. The quantitative estimate of drug-likeness (QED) is 0.946. The summed E-state index contributed by atoms with van der Waals surface area (Å²) in [7, 11) is 0. The van der Waals surface area contributed by atoms with Crippen molar-refractivity contribution in [2.45, 2.75) is 18.4 Å². The lowest BCUT2D eigenvalue weighted by atomic mass is 9.88. The molecule has 4 heteroatoms. The van der Waals surface area contributed by atoms with Crippen LogP contribution >= 0.6 is 0 Å². The van der Waals surface area contributed by atoms with Crippen molar-refractivity contribution in [3.05, 3.63) is 66.2 Å². The SMILES string of the molecule is N#CC1(Nc2ccccc2)CCN(C(=O)c2ccccc2)CC1. The fraction of sp³-hybridized carbons (Fsp3) is 0.263. The standard InChI is InChI=1S/C19H19N3O/c20-15-19(21-17-9-5-2-6-10-17)11-13-22(14-12-19)18(23)16-7-3-1-4-8-16/h1-10,21H,11-14H2. The normalized spacial score (nSPS) is 16.4. The van der Waals surface area contributed by atoms with E-state index in [0.717, 1.165) is 5.69 Å². The zero-order chi connectivity index (χ0) is 16.1. The minimum absolute atomic E-state index is 0.0388. The van der Waals surface area contributed by atoms with Gasteiger partial charge in [0.2, 0.25) is 0 Å². The Morgan fingerprint density at radius 3 is 2.13 bits per heavy atom. The molecule has 116 valence electrons. The Morgan fingerprint density at radius 1 is 1.00 bits per heavy atom. The number of benzene rings is 2. The Hall–Kier alpha value is -2.80. The van der Waals surface area contributed by atoms with E-state index in [1.165, 1.54) is 0 Å². The van der Waals surface area contributed by atoms with Crippen LogP contribution in [0.5, 0.6) is 0 Å². The van der Waals surface area contributed by atoms with E-state index < -0.39 is 5.54 Å². The van der Waals surface area contributed by atoms with Crippen LogP contribution in [0.1, 0.15) is 23.2 Å². The Balaban J connectivity index is 1.67. The van der Waals surface area contributed by atoms with Gasteiger partial charge in [0.25, 0.3) is 5.91 Å². The van der Waals surface area contributed by atoms with Crippen LogP contribution in [0.3, 0.4) is 0 Å². The molecule has 0 bridgehead atoms. The first-order valence-electron chi connectivity index (χ1n) is 7.81. The first-order valence-corrected chi connectivity index (χ1v) is 7.81. The molecule has 2 aromatic rings. The van der Waals surface area contributed by atoms with E-state index >= 15 is 0 Å². The second-order valence-electron chi connectivity index (χ2n) is 5.84. The predicted molar refractivity (Wildman–Crippen MR) is 90.0 cm³/mol. The predicted octanol–water partition coefficient (Wildman–Crippen LogP) is 3.30. The molecule has 23 heavy (non-hydrogen) atoms. The van der Waals surface area contributed by atoms with Crippen LogP contribution in [0.15, 0.2) is 60.7 Å². The Kier molecular flexibility index (Phi) is 4.29. The summed E-state index contributed by atoms with van der Waals surface area (Å²) in [6, 6.07) is 21.5. The van der Waals surface area contributed by atoms with Gasteiger partial charge in [-0.3, -0.25) is 4.79 Å². The monoisotopic (exact) mass is 305 g/mol. The number of nitrogens with one attached hydrogen (secondary N) is 1. The number of nitriles is 1. The molecule has 1 aliphatic rings. The summed E-state index contributed by atoms with van der Waals surface area (Å²) >= 11 is 0. The molecule has 1 aliphatic heterocycles. The maximum Gasteiger partial charge on any atom is 0.253 e. The lowest BCUT2D eigenvalue weighted by Crippen LogP contribution is -2.50. The average Bonchev–Trinajstić information content (AvgIpc) is 2.63. The highest BCUT2D eigenvalue weighted by Gasteiger charge is 2.36. The third-order valence-electron chi connectivity index (χ3n) is 4.30. The maximum absolute atomic E-state index is 12.5. The van der Waals surface area contributed by atoms with Crippen molar-refractivity contribution in [3.63, 3.8) is 0 Å². The summed E-state index contributed by atoms with van der Waals surface area (Å²) in [6.07, 6.45) is 1.24. The number of hydrogen-bond acceptors (Lipinski definition) is 3. The molecule has 0 atom stereocenters. The zero-order valence-electron chi connectivity index (χ0n) is 12.9. The summed E-state index contributed by atoms with van der Waals surface area (Å²) in [5, 5.41) is 13.0. The molecule has 1 saturated heterocycles. The molecular formula is C19H19N3O. The largest absolute Gasteiger partial charge is 0.367 e. The first kappa shape index (κ1) is 15.1. The Morgan fingerprint density at radius 2 is 1.57 bits per heavy atom. The second kappa shape index (κ2) is 6.53. The molecule has 1 heterocycles. The van der Waals surface area contributed by atoms with E-state index in [-0.39, 0.29) is 5.91 Å². The number of rotatable bonds is 3. The van der Waals surface area contributed by atoms with Crippen LogP contribution in [0, 0.1) is 11.3 Å². The molecule has 2 aromatic carbocycles. The number of para-hydroxylation sites is 1. The fourth-order valence-electron chi connectivity index (χ4n) is 2.92. The van der Waals surface area contributed by atoms with E-state index in [2.05, 4.69) is 11.4 Å². The smallest absolute Gasteiger partial charge is 0.253 e. The Bertz CT molecular complexity index is 698. The number of amides is 1. The lowest BCUT2D eigenvalue weighted by Gasteiger charge is -2.38. The maximum atomic E-state index is 12.5. The number of carbonyl (C=O) groups is 1. The third-order valence-corrected chi connectivity index (χ3v) is 4.30. The van der Waals surface area contributed by atoms with Gasteiger partial charge >= 0.3 is 0 Å². The minimum atomic E-state index is -0.602. The van der Waals surface area contributed by atoms with E-state index in [1.807, 2.05) is 65.6 Å². The van der Waals surface area contributed by atoms with Gasteiger partial charge in [0.05, 0.1) is 6.07 Å². The van der Waals surface area contributed by atoms with E-state index in [0.29, 0.717) is 31.5 Å². The summed E-state index contributed by atoms with van der Waals surface area (Å²) in [4.78, 5) is 14.3. The number of likely N-dealkylation sites (tertiary alicyclic amines) is 1. The van der Waals surface area contributed by atoms with Crippen LogP contribution in [0.4, 0.5) is 5.69 Å². The highest BCUT2D eigenvalue weighted by atomic mass is 16.2. The van der Waals surface area contributed by atoms with Crippen LogP contribution in [0.2, 0.25) is 0 Å². The summed E-state index contributed by atoms with van der Waals surface area (Å²) in [5.41, 5.74) is 1.04. The van der Waals surface area contributed by atoms with E-state index in [9.17, 15) is 10.1 Å². The molecule has 0 spiro atoms. The van der Waals surface area contributed by atoms with Gasteiger partial charge in [0.15, 0.2) is 0 Å². The highest BCUT2D eigenvalue weighted by Crippen LogP contribution is 2.27. The summed E-state index contributed by atoms with van der Waals surface area (Å²) < 4.78 is 0. The highest BCUT2D eigenvalue weighted by molar-refractivity contribution is 5.94. The van der Waals surface area contributed by atoms with Crippen molar-refractivity contribution in [2.75, 3.05) is 18.4 Å². The van der Waals surface area contributed by atoms with E-state index in [4.69, 9.17) is 0 Å². The third kappa shape index (κ3) is 3.35. The fourth-order valence-corrected chi connectivity index (χ4v) is 2.92. The average molecular weight is 305 g/mol. The van der Waals surface area contributed by atoms with Gasteiger partial charge in [-0.05, 0) is 24.3 Å². The number of piperidine rings is 1. The van der Waals surface area contributed by atoms with Gasteiger partial charge in [-0.25, -0.2) is 0 Å². The van der Waals surface area contributed by atoms with Gasteiger partial charge < -0.3 is 10.2 Å². The molecule has 0 radical (unpaired) electrons.